The molecule has 2 amide bonds. The molecule has 2 aromatic carbocycles. The Morgan fingerprint density at radius 2 is 1.40 bits per heavy atom. The third-order valence-electron chi connectivity index (χ3n) is 6.54. The van der Waals surface area contributed by atoms with Gasteiger partial charge in [0.1, 0.15) is 0 Å². The Bertz CT molecular complexity index is 1150. The molecule has 1 fully saturated rings. The lowest BCUT2D eigenvalue weighted by Crippen LogP contribution is -2.31. The van der Waals surface area contributed by atoms with Crippen LogP contribution in [-0.4, -0.2) is 63.5 Å². The normalized spacial score (nSPS) is 17.0. The molecule has 2 aliphatic heterocycles. The van der Waals surface area contributed by atoms with E-state index in [9.17, 15) is 14.4 Å². The number of anilines is 2. The molecular weight excluding hydrogens is 462 g/mol. The molecule has 2 aromatic rings. The molecule has 0 N–H and O–H groups in total. The average Bonchev–Trinajstić information content (AvgIpc) is 3.12. The standard InChI is InChI=1S/C27H33N3O4S/c1-28(2)18-10-12-21-20(8-7-9-27(33)34-30-25(31)14-15-26(30)32)22-13-11-19(29(3)4)17-24(22)35(5,6)23(21)16-18/h8,10-13,16-17H,7,9,14-15H2,1-6H3. The number of nitrogens with zero attached hydrogens (tertiary/aromatic N) is 3. The lowest BCUT2D eigenvalue weighted by atomic mass is 9.95. The fraction of sp³-hybridized carbons (Fsp3) is 0.370. The summed E-state index contributed by atoms with van der Waals surface area (Å²) in [7, 11) is 6.90. The van der Waals surface area contributed by atoms with Gasteiger partial charge in [-0.25, -0.2) is 4.79 Å². The van der Waals surface area contributed by atoms with E-state index in [0.29, 0.717) is 11.5 Å². The number of hydrogen-bond acceptors (Lipinski definition) is 6. The van der Waals surface area contributed by atoms with E-state index in [-0.39, 0.29) is 19.3 Å². The van der Waals surface area contributed by atoms with Gasteiger partial charge in [0.2, 0.25) is 0 Å². The van der Waals surface area contributed by atoms with Crippen LogP contribution in [-0.2, 0) is 19.2 Å². The van der Waals surface area contributed by atoms with Crippen molar-refractivity contribution in [3.8, 4) is 0 Å². The van der Waals surface area contributed by atoms with Gasteiger partial charge in [-0.3, -0.25) is 9.59 Å². The quantitative estimate of drug-likeness (QED) is 0.552. The third kappa shape index (κ3) is 4.67. The molecule has 0 radical (unpaired) electrons. The fourth-order valence-electron chi connectivity index (χ4n) is 4.49. The van der Waals surface area contributed by atoms with E-state index in [1.807, 2.05) is 28.2 Å². The summed E-state index contributed by atoms with van der Waals surface area (Å²) in [5, 5.41) is 0.609. The number of benzene rings is 2. The maximum Gasteiger partial charge on any atom is 0.333 e. The Morgan fingerprint density at radius 1 is 0.914 bits per heavy atom. The van der Waals surface area contributed by atoms with E-state index in [2.05, 4.69) is 64.8 Å². The van der Waals surface area contributed by atoms with E-state index >= 15 is 0 Å². The average molecular weight is 496 g/mol. The van der Waals surface area contributed by atoms with Crippen LogP contribution in [0.25, 0.3) is 5.57 Å². The molecule has 35 heavy (non-hydrogen) atoms. The number of hydroxylamine groups is 2. The van der Waals surface area contributed by atoms with Gasteiger partial charge in [-0.2, -0.15) is 10.0 Å². The molecule has 7 nitrogen and oxygen atoms in total. The number of rotatable bonds is 6. The molecule has 0 aliphatic carbocycles. The van der Waals surface area contributed by atoms with Crippen molar-refractivity contribution >= 4 is 44.8 Å². The number of carbonyl (C=O) groups excluding carboxylic acids is 3. The summed E-state index contributed by atoms with van der Waals surface area (Å²) in [5.74, 6) is -1.51. The smallest absolute Gasteiger partial charge is 0.333 e. The second-order valence-electron chi connectivity index (χ2n) is 9.68. The molecule has 186 valence electrons. The molecule has 0 aromatic heterocycles. The zero-order chi connectivity index (χ0) is 25.5. The van der Waals surface area contributed by atoms with E-state index in [1.165, 1.54) is 20.9 Å². The van der Waals surface area contributed by atoms with Gasteiger partial charge in [-0.15, -0.1) is 5.06 Å². The highest BCUT2D eigenvalue weighted by Crippen LogP contribution is 2.65. The van der Waals surface area contributed by atoms with E-state index < -0.39 is 27.8 Å². The predicted octanol–water partition coefficient (Wildman–Crippen LogP) is 4.43. The number of hydrogen-bond donors (Lipinski definition) is 0. The van der Waals surface area contributed by atoms with Crippen LogP contribution in [0.4, 0.5) is 11.4 Å². The third-order valence-corrected chi connectivity index (χ3v) is 9.41. The zero-order valence-electron chi connectivity index (χ0n) is 21.3. The molecule has 8 heteroatoms. The van der Waals surface area contributed by atoms with Crippen molar-refractivity contribution in [3.63, 3.8) is 0 Å². The van der Waals surface area contributed by atoms with Gasteiger partial charge in [0.05, 0.1) is 6.42 Å². The first-order chi connectivity index (χ1) is 16.5. The molecular formula is C27H33N3O4S. The van der Waals surface area contributed by atoms with E-state index in [4.69, 9.17) is 4.84 Å². The highest BCUT2D eigenvalue weighted by atomic mass is 32.3. The van der Waals surface area contributed by atoms with Crippen LogP contribution < -0.4 is 9.80 Å². The molecule has 1 saturated heterocycles. The second kappa shape index (κ2) is 9.41. The maximum atomic E-state index is 12.4. The summed E-state index contributed by atoms with van der Waals surface area (Å²) < 4.78 is 0. The van der Waals surface area contributed by atoms with Gasteiger partial charge in [-0.1, -0.05) is 18.2 Å². The summed E-state index contributed by atoms with van der Waals surface area (Å²) in [6.45, 7) is 0. The second-order valence-corrected chi connectivity index (χ2v) is 13.2. The molecule has 0 spiro atoms. The van der Waals surface area contributed by atoms with E-state index in [1.54, 1.807) is 0 Å². The minimum absolute atomic E-state index is 0.0764. The summed E-state index contributed by atoms with van der Waals surface area (Å²) in [5.41, 5.74) is 5.76. The van der Waals surface area contributed by atoms with Crippen LogP contribution in [0.1, 0.15) is 36.8 Å². The Morgan fingerprint density at radius 3 is 1.86 bits per heavy atom. The van der Waals surface area contributed by atoms with Crippen molar-refractivity contribution in [2.75, 3.05) is 50.5 Å². The van der Waals surface area contributed by atoms with Crippen LogP contribution in [0, 0.1) is 0 Å². The topological polar surface area (TPSA) is 70.2 Å². The summed E-state index contributed by atoms with van der Waals surface area (Å²) >= 11 is 0. The highest BCUT2D eigenvalue weighted by molar-refractivity contribution is 8.32. The number of imide groups is 1. The Balaban J connectivity index is 1.69. The first kappa shape index (κ1) is 24.9. The number of allylic oxidation sites excluding steroid dienone is 1. The highest BCUT2D eigenvalue weighted by Gasteiger charge is 2.34. The first-order valence-electron chi connectivity index (χ1n) is 11.6. The molecule has 0 atom stereocenters. The Hall–Kier alpha value is -3.26. The van der Waals surface area contributed by atoms with Gasteiger partial charge in [0.25, 0.3) is 11.8 Å². The van der Waals surface area contributed by atoms with Crippen molar-refractivity contribution in [1.29, 1.82) is 0 Å². The molecule has 2 heterocycles. The maximum absolute atomic E-state index is 12.4. The van der Waals surface area contributed by atoms with Crippen LogP contribution in [0.15, 0.2) is 52.3 Å². The van der Waals surface area contributed by atoms with Gasteiger partial charge in [-0.05, 0) is 59.9 Å². The number of fused-ring (bicyclic) bond motifs is 2. The van der Waals surface area contributed by atoms with Crippen molar-refractivity contribution in [2.24, 2.45) is 0 Å². The molecule has 4 rings (SSSR count). The van der Waals surface area contributed by atoms with Crippen molar-refractivity contribution < 1.29 is 19.2 Å². The van der Waals surface area contributed by atoms with Gasteiger partial charge in [0, 0.05) is 62.2 Å². The minimum Gasteiger partial charge on any atom is -0.378 e. The zero-order valence-corrected chi connectivity index (χ0v) is 22.1. The van der Waals surface area contributed by atoms with Crippen molar-refractivity contribution in [2.45, 2.75) is 35.5 Å². The SMILES string of the molecule is CN(C)c1ccc2c(c1)S(C)(C)c1cc(N(C)C)ccc1C2=CCCC(=O)ON1C(=O)CCC1=O. The van der Waals surface area contributed by atoms with Crippen LogP contribution in [0.5, 0.6) is 0 Å². The van der Waals surface area contributed by atoms with Crippen molar-refractivity contribution in [3.05, 3.63) is 53.6 Å². The van der Waals surface area contributed by atoms with Gasteiger partial charge >= 0.3 is 5.97 Å². The minimum atomic E-state index is -1.28. The van der Waals surface area contributed by atoms with Gasteiger partial charge in [0.15, 0.2) is 0 Å². The van der Waals surface area contributed by atoms with Crippen LogP contribution >= 0.6 is 10.0 Å². The summed E-state index contributed by atoms with van der Waals surface area (Å²) in [6.07, 6.45) is 7.43. The summed E-state index contributed by atoms with van der Waals surface area (Å²) in [6, 6.07) is 13.2. The van der Waals surface area contributed by atoms with Crippen LogP contribution in [0.2, 0.25) is 0 Å². The molecule has 0 bridgehead atoms. The lowest BCUT2D eigenvalue weighted by molar-refractivity contribution is -0.197. The molecule has 0 unspecified atom stereocenters. The van der Waals surface area contributed by atoms with E-state index in [0.717, 1.165) is 16.9 Å². The van der Waals surface area contributed by atoms with Gasteiger partial charge < -0.3 is 14.6 Å². The molecule has 0 saturated carbocycles. The van der Waals surface area contributed by atoms with Crippen molar-refractivity contribution in [1.82, 2.24) is 5.06 Å². The predicted molar refractivity (Wildman–Crippen MR) is 141 cm³/mol. The largest absolute Gasteiger partial charge is 0.378 e. The summed E-state index contributed by atoms with van der Waals surface area (Å²) in [4.78, 5) is 47.7. The first-order valence-corrected chi connectivity index (χ1v) is 14.1. The fourth-order valence-corrected chi connectivity index (χ4v) is 7.01. The molecule has 2 aliphatic rings. The Kier molecular flexibility index (Phi) is 6.68. The lowest BCUT2D eigenvalue weighted by Gasteiger charge is -2.42. The van der Waals surface area contributed by atoms with Crippen LogP contribution in [0.3, 0.4) is 0 Å². The monoisotopic (exact) mass is 495 g/mol. The number of amides is 2. The Labute approximate surface area is 208 Å². The number of carbonyl (C=O) groups is 3.